The highest BCUT2D eigenvalue weighted by atomic mass is 14.9. The molecule has 0 heterocycles. The molecule has 2 aliphatic carbocycles. The highest BCUT2D eigenvalue weighted by molar-refractivity contribution is 5.04. The maximum Gasteiger partial charge on any atom is -0.00151 e. The molecule has 2 fully saturated rings. The Bertz CT molecular complexity index is 172. The van der Waals surface area contributed by atoms with Gasteiger partial charge in [0.1, 0.15) is 0 Å². The van der Waals surface area contributed by atoms with Gasteiger partial charge in [-0.3, -0.25) is 0 Å². The Hall–Kier alpha value is -0.0400. The fourth-order valence-electron chi connectivity index (χ4n) is 3.18. The predicted octanol–water partition coefficient (Wildman–Crippen LogP) is 2.81. The summed E-state index contributed by atoms with van der Waals surface area (Å²) in [4.78, 5) is 0. The molecule has 0 aromatic rings. The summed E-state index contributed by atoms with van der Waals surface area (Å²) in [6.45, 7) is 7.13. The lowest BCUT2D eigenvalue weighted by atomic mass is 9.87. The third kappa shape index (κ3) is 1.76. The van der Waals surface area contributed by atoms with Crippen LogP contribution in [-0.2, 0) is 0 Å². The fourth-order valence-corrected chi connectivity index (χ4v) is 3.18. The van der Waals surface area contributed by atoms with Gasteiger partial charge in [-0.05, 0) is 49.6 Å². The molecule has 2 saturated carbocycles. The van der Waals surface area contributed by atoms with Gasteiger partial charge in [-0.25, -0.2) is 0 Å². The van der Waals surface area contributed by atoms with Crippen molar-refractivity contribution in [3.8, 4) is 0 Å². The minimum absolute atomic E-state index is 0.735. The second-order valence-electron chi connectivity index (χ2n) is 5.20. The van der Waals surface area contributed by atoms with Crippen LogP contribution in [0, 0.1) is 17.3 Å². The molecule has 0 saturated heterocycles. The Labute approximate surface area is 82.3 Å². The van der Waals surface area contributed by atoms with Gasteiger partial charge in [0.05, 0.1) is 0 Å². The van der Waals surface area contributed by atoms with Crippen molar-refractivity contribution in [1.82, 2.24) is 5.32 Å². The van der Waals surface area contributed by atoms with E-state index in [-0.39, 0.29) is 0 Å². The normalized spacial score (nSPS) is 39.7. The standard InChI is InChI=1S/C12H23N/c1-3-13-9-11-8-12(11,2)10-6-4-5-7-10/h10-11,13H,3-9H2,1-2H3. The van der Waals surface area contributed by atoms with Crippen molar-refractivity contribution in [2.24, 2.45) is 17.3 Å². The van der Waals surface area contributed by atoms with Gasteiger partial charge in [-0.15, -0.1) is 0 Å². The van der Waals surface area contributed by atoms with Crippen LogP contribution in [-0.4, -0.2) is 13.1 Å². The summed E-state index contributed by atoms with van der Waals surface area (Å²) in [7, 11) is 0. The molecule has 0 radical (unpaired) electrons. The summed E-state index contributed by atoms with van der Waals surface area (Å²) in [5.41, 5.74) is 0.735. The predicted molar refractivity (Wildman–Crippen MR) is 56.7 cm³/mol. The van der Waals surface area contributed by atoms with Gasteiger partial charge in [0.15, 0.2) is 0 Å². The Kier molecular flexibility index (Phi) is 2.64. The molecule has 0 amide bonds. The monoisotopic (exact) mass is 181 g/mol. The third-order valence-corrected chi connectivity index (χ3v) is 4.39. The van der Waals surface area contributed by atoms with E-state index in [1.54, 1.807) is 0 Å². The van der Waals surface area contributed by atoms with E-state index in [1.807, 2.05) is 0 Å². The SMILES string of the molecule is CCNCC1CC1(C)C1CCCC1. The zero-order chi connectivity index (χ0) is 9.31. The summed E-state index contributed by atoms with van der Waals surface area (Å²) in [5.74, 6) is 2.06. The molecule has 1 N–H and O–H groups in total. The van der Waals surface area contributed by atoms with Gasteiger partial charge in [0.25, 0.3) is 0 Å². The first-order chi connectivity index (χ1) is 6.27. The Morgan fingerprint density at radius 3 is 2.62 bits per heavy atom. The summed E-state index contributed by atoms with van der Waals surface area (Å²) in [6.07, 6.45) is 7.51. The number of rotatable bonds is 4. The van der Waals surface area contributed by atoms with E-state index in [0.29, 0.717) is 0 Å². The summed E-state index contributed by atoms with van der Waals surface area (Å²) >= 11 is 0. The minimum atomic E-state index is 0.735. The molecule has 2 atom stereocenters. The van der Waals surface area contributed by atoms with Gasteiger partial charge in [0.2, 0.25) is 0 Å². The van der Waals surface area contributed by atoms with Crippen LogP contribution in [0.25, 0.3) is 0 Å². The van der Waals surface area contributed by atoms with E-state index in [2.05, 4.69) is 19.2 Å². The molecular weight excluding hydrogens is 158 g/mol. The second kappa shape index (κ2) is 3.61. The lowest BCUT2D eigenvalue weighted by molar-refractivity contribution is 0.309. The largest absolute Gasteiger partial charge is 0.317 e. The van der Waals surface area contributed by atoms with E-state index in [9.17, 15) is 0 Å². The molecule has 0 bridgehead atoms. The highest BCUT2D eigenvalue weighted by Gasteiger charge is 2.54. The maximum absolute atomic E-state index is 3.49. The second-order valence-corrected chi connectivity index (χ2v) is 5.20. The van der Waals surface area contributed by atoms with E-state index >= 15 is 0 Å². The van der Waals surface area contributed by atoms with Crippen molar-refractivity contribution >= 4 is 0 Å². The Morgan fingerprint density at radius 1 is 1.31 bits per heavy atom. The molecule has 1 heteroatoms. The smallest absolute Gasteiger partial charge is 0.00151 e. The van der Waals surface area contributed by atoms with Gasteiger partial charge in [-0.2, -0.15) is 0 Å². The molecule has 0 aromatic heterocycles. The van der Waals surface area contributed by atoms with Gasteiger partial charge >= 0.3 is 0 Å². The summed E-state index contributed by atoms with van der Waals surface area (Å²) < 4.78 is 0. The van der Waals surface area contributed by atoms with Gasteiger partial charge in [-0.1, -0.05) is 26.7 Å². The van der Waals surface area contributed by atoms with Crippen LogP contribution < -0.4 is 5.32 Å². The van der Waals surface area contributed by atoms with Crippen LogP contribution >= 0.6 is 0 Å². The Balaban J connectivity index is 1.79. The molecule has 0 spiro atoms. The van der Waals surface area contributed by atoms with E-state index in [1.165, 1.54) is 38.6 Å². The van der Waals surface area contributed by atoms with Crippen LogP contribution in [0.5, 0.6) is 0 Å². The maximum atomic E-state index is 3.49. The molecule has 2 unspecified atom stereocenters. The first kappa shape index (κ1) is 9.51. The average molecular weight is 181 g/mol. The van der Waals surface area contributed by atoms with E-state index in [0.717, 1.165) is 23.8 Å². The quantitative estimate of drug-likeness (QED) is 0.703. The first-order valence-corrected chi connectivity index (χ1v) is 5.98. The fraction of sp³-hybridized carbons (Fsp3) is 1.00. The molecule has 2 aliphatic rings. The van der Waals surface area contributed by atoms with Crippen molar-refractivity contribution in [2.75, 3.05) is 13.1 Å². The Morgan fingerprint density at radius 2 is 2.00 bits per heavy atom. The molecule has 0 aliphatic heterocycles. The molecule has 0 aromatic carbocycles. The van der Waals surface area contributed by atoms with Crippen LogP contribution in [0.15, 0.2) is 0 Å². The third-order valence-electron chi connectivity index (χ3n) is 4.39. The highest BCUT2D eigenvalue weighted by Crippen LogP contribution is 2.61. The summed E-state index contributed by atoms with van der Waals surface area (Å²) in [5, 5.41) is 3.49. The van der Waals surface area contributed by atoms with Crippen molar-refractivity contribution in [2.45, 2.75) is 46.0 Å². The number of nitrogens with one attached hydrogen (secondary N) is 1. The van der Waals surface area contributed by atoms with Crippen molar-refractivity contribution in [3.63, 3.8) is 0 Å². The zero-order valence-corrected chi connectivity index (χ0v) is 9.10. The van der Waals surface area contributed by atoms with Crippen molar-refractivity contribution in [1.29, 1.82) is 0 Å². The van der Waals surface area contributed by atoms with E-state index in [4.69, 9.17) is 0 Å². The lowest BCUT2D eigenvalue weighted by Crippen LogP contribution is -2.21. The molecule has 13 heavy (non-hydrogen) atoms. The van der Waals surface area contributed by atoms with Gasteiger partial charge < -0.3 is 5.32 Å². The molecule has 1 nitrogen and oxygen atoms in total. The lowest BCUT2D eigenvalue weighted by Gasteiger charge is -2.19. The van der Waals surface area contributed by atoms with Crippen LogP contribution in [0.1, 0.15) is 46.0 Å². The topological polar surface area (TPSA) is 12.0 Å². The summed E-state index contributed by atoms with van der Waals surface area (Å²) in [6, 6.07) is 0. The zero-order valence-electron chi connectivity index (χ0n) is 9.10. The van der Waals surface area contributed by atoms with Gasteiger partial charge in [0, 0.05) is 0 Å². The van der Waals surface area contributed by atoms with Crippen LogP contribution in [0.4, 0.5) is 0 Å². The van der Waals surface area contributed by atoms with Crippen molar-refractivity contribution in [3.05, 3.63) is 0 Å². The molecule has 76 valence electrons. The minimum Gasteiger partial charge on any atom is -0.317 e. The molecule has 2 rings (SSSR count). The number of hydrogen-bond acceptors (Lipinski definition) is 1. The number of hydrogen-bond donors (Lipinski definition) is 1. The van der Waals surface area contributed by atoms with Crippen LogP contribution in [0.3, 0.4) is 0 Å². The first-order valence-electron chi connectivity index (χ1n) is 5.98. The van der Waals surface area contributed by atoms with Crippen LogP contribution in [0.2, 0.25) is 0 Å². The molecular formula is C12H23N. The average Bonchev–Trinajstić information content (AvgIpc) is 2.61. The van der Waals surface area contributed by atoms with E-state index < -0.39 is 0 Å². The van der Waals surface area contributed by atoms with Crippen molar-refractivity contribution < 1.29 is 0 Å².